The summed E-state index contributed by atoms with van der Waals surface area (Å²) in [5, 5.41) is 8.70. The molecule has 0 aliphatic heterocycles. The third-order valence-corrected chi connectivity index (χ3v) is 1.76. The highest BCUT2D eigenvalue weighted by atomic mass is 19.3. The zero-order valence-corrected chi connectivity index (χ0v) is 7.71. The van der Waals surface area contributed by atoms with Gasteiger partial charge in [0.2, 0.25) is 0 Å². The Morgan fingerprint density at radius 3 is 2.64 bits per heavy atom. The smallest absolute Gasteiger partial charge is 0.281 e. The van der Waals surface area contributed by atoms with E-state index in [2.05, 4.69) is 4.98 Å². The molecular formula is C9H8F2N2O. The van der Waals surface area contributed by atoms with Crippen molar-refractivity contribution in [1.29, 1.82) is 5.26 Å². The lowest BCUT2D eigenvalue weighted by molar-refractivity contribution is 0.145. The molecule has 1 aromatic heterocycles. The largest absolute Gasteiger partial charge is 0.495 e. The predicted octanol–water partition coefficient (Wildman–Crippen LogP) is 2.21. The van der Waals surface area contributed by atoms with E-state index in [0.29, 0.717) is 5.56 Å². The lowest BCUT2D eigenvalue weighted by atomic mass is 10.1. The lowest BCUT2D eigenvalue weighted by Gasteiger charge is -2.09. The van der Waals surface area contributed by atoms with Crippen molar-refractivity contribution in [2.24, 2.45) is 0 Å². The summed E-state index contributed by atoms with van der Waals surface area (Å²) >= 11 is 0. The highest BCUT2D eigenvalue weighted by Crippen LogP contribution is 2.29. The number of rotatable bonds is 2. The molecule has 0 radical (unpaired) electrons. The van der Waals surface area contributed by atoms with E-state index in [-0.39, 0.29) is 11.3 Å². The SMILES string of the molecule is COc1c(C)cnc(C(F)F)c1C#N. The zero-order valence-electron chi connectivity index (χ0n) is 7.71. The Hall–Kier alpha value is -1.70. The van der Waals surface area contributed by atoms with E-state index >= 15 is 0 Å². The molecule has 0 saturated carbocycles. The van der Waals surface area contributed by atoms with E-state index in [9.17, 15) is 8.78 Å². The molecule has 0 unspecified atom stereocenters. The Kier molecular flexibility index (Phi) is 2.97. The van der Waals surface area contributed by atoms with Crippen LogP contribution >= 0.6 is 0 Å². The standard InChI is InChI=1S/C9H8F2N2O/c1-5-4-13-7(9(10)11)6(3-12)8(5)14-2/h4,9H,1-2H3. The third-order valence-electron chi connectivity index (χ3n) is 1.76. The molecule has 0 amide bonds. The Morgan fingerprint density at radius 1 is 1.57 bits per heavy atom. The Morgan fingerprint density at radius 2 is 2.21 bits per heavy atom. The fourth-order valence-corrected chi connectivity index (χ4v) is 1.14. The average Bonchev–Trinajstić information content (AvgIpc) is 2.16. The second-order valence-electron chi connectivity index (χ2n) is 2.65. The van der Waals surface area contributed by atoms with Crippen molar-refractivity contribution in [3.63, 3.8) is 0 Å². The van der Waals surface area contributed by atoms with E-state index in [0.717, 1.165) is 0 Å². The summed E-state index contributed by atoms with van der Waals surface area (Å²) in [6.45, 7) is 1.64. The fraction of sp³-hybridized carbons (Fsp3) is 0.333. The number of pyridine rings is 1. The molecule has 0 atom stereocenters. The highest BCUT2D eigenvalue weighted by molar-refractivity contribution is 5.50. The number of nitrogens with zero attached hydrogens (tertiary/aromatic N) is 2. The first-order valence-corrected chi connectivity index (χ1v) is 3.83. The van der Waals surface area contributed by atoms with Crippen LogP contribution in [0.2, 0.25) is 0 Å². The van der Waals surface area contributed by atoms with Crippen LogP contribution in [0, 0.1) is 18.3 Å². The van der Waals surface area contributed by atoms with Crippen LogP contribution in [0.15, 0.2) is 6.20 Å². The van der Waals surface area contributed by atoms with Crippen LogP contribution in [0.1, 0.15) is 23.2 Å². The second kappa shape index (κ2) is 4.01. The summed E-state index contributed by atoms with van der Waals surface area (Å²) in [6, 6.07) is 1.67. The van der Waals surface area contributed by atoms with E-state index < -0.39 is 12.1 Å². The summed E-state index contributed by atoms with van der Waals surface area (Å²) in [4.78, 5) is 3.50. The van der Waals surface area contributed by atoms with Crippen molar-refractivity contribution < 1.29 is 13.5 Å². The molecule has 14 heavy (non-hydrogen) atoms. The van der Waals surface area contributed by atoms with E-state index in [4.69, 9.17) is 10.00 Å². The molecule has 1 heterocycles. The Bertz CT molecular complexity index is 385. The van der Waals surface area contributed by atoms with Gasteiger partial charge in [-0.25, -0.2) is 8.78 Å². The van der Waals surface area contributed by atoms with Gasteiger partial charge in [-0.3, -0.25) is 4.98 Å². The van der Waals surface area contributed by atoms with Crippen LogP contribution in [0.25, 0.3) is 0 Å². The van der Waals surface area contributed by atoms with Crippen LogP contribution in [0.4, 0.5) is 8.78 Å². The quantitative estimate of drug-likeness (QED) is 0.731. The maximum Gasteiger partial charge on any atom is 0.281 e. The first-order valence-electron chi connectivity index (χ1n) is 3.83. The summed E-state index contributed by atoms with van der Waals surface area (Å²) in [5.74, 6) is 0.165. The van der Waals surface area contributed by atoms with E-state index in [1.807, 2.05) is 0 Å². The highest BCUT2D eigenvalue weighted by Gasteiger charge is 2.19. The third kappa shape index (κ3) is 1.64. The van der Waals surface area contributed by atoms with Gasteiger partial charge < -0.3 is 4.74 Å². The van der Waals surface area contributed by atoms with Gasteiger partial charge in [-0.15, -0.1) is 0 Å². The second-order valence-corrected chi connectivity index (χ2v) is 2.65. The van der Waals surface area contributed by atoms with E-state index in [1.165, 1.54) is 13.3 Å². The van der Waals surface area contributed by atoms with Crippen molar-refractivity contribution in [2.75, 3.05) is 7.11 Å². The molecule has 0 aliphatic rings. The van der Waals surface area contributed by atoms with Gasteiger partial charge in [-0.05, 0) is 6.92 Å². The molecule has 74 valence electrons. The minimum Gasteiger partial charge on any atom is -0.495 e. The molecule has 1 rings (SSSR count). The number of aryl methyl sites for hydroxylation is 1. The summed E-state index contributed by atoms with van der Waals surface area (Å²) in [5.41, 5.74) is -0.161. The first kappa shape index (κ1) is 10.4. The molecular weight excluding hydrogens is 190 g/mol. The molecule has 0 fully saturated rings. The van der Waals surface area contributed by atoms with Crippen LogP contribution in [-0.4, -0.2) is 12.1 Å². The first-order chi connectivity index (χ1) is 6.61. The monoisotopic (exact) mass is 198 g/mol. The number of halogens is 2. The van der Waals surface area contributed by atoms with Crippen molar-refractivity contribution in [3.8, 4) is 11.8 Å². The maximum atomic E-state index is 12.4. The lowest BCUT2D eigenvalue weighted by Crippen LogP contribution is -2.00. The van der Waals surface area contributed by atoms with Crippen LogP contribution in [0.3, 0.4) is 0 Å². The molecule has 0 spiro atoms. The number of ether oxygens (including phenoxy) is 1. The van der Waals surface area contributed by atoms with Crippen LogP contribution < -0.4 is 4.74 Å². The van der Waals surface area contributed by atoms with Crippen molar-refractivity contribution in [1.82, 2.24) is 4.98 Å². The number of aromatic nitrogens is 1. The number of nitriles is 1. The van der Waals surface area contributed by atoms with Crippen molar-refractivity contribution in [2.45, 2.75) is 13.3 Å². The molecule has 0 N–H and O–H groups in total. The van der Waals surface area contributed by atoms with Crippen molar-refractivity contribution >= 4 is 0 Å². The average molecular weight is 198 g/mol. The molecule has 0 aromatic carbocycles. The molecule has 0 aliphatic carbocycles. The minimum atomic E-state index is -2.76. The van der Waals surface area contributed by atoms with Crippen LogP contribution in [0.5, 0.6) is 5.75 Å². The van der Waals surface area contributed by atoms with Gasteiger partial charge in [0.15, 0.2) is 0 Å². The predicted molar refractivity (Wildman–Crippen MR) is 45.2 cm³/mol. The summed E-state index contributed by atoms with van der Waals surface area (Å²) in [6.07, 6.45) is -1.50. The van der Waals surface area contributed by atoms with Gasteiger partial charge in [-0.1, -0.05) is 0 Å². The fourth-order valence-electron chi connectivity index (χ4n) is 1.14. The molecule has 0 saturated heterocycles. The molecule has 3 nitrogen and oxygen atoms in total. The Balaban J connectivity index is 3.43. The normalized spacial score (nSPS) is 10.0. The number of hydrogen-bond acceptors (Lipinski definition) is 3. The van der Waals surface area contributed by atoms with Gasteiger partial charge in [0, 0.05) is 11.8 Å². The van der Waals surface area contributed by atoms with Gasteiger partial charge in [-0.2, -0.15) is 5.26 Å². The van der Waals surface area contributed by atoms with Gasteiger partial charge in [0.25, 0.3) is 6.43 Å². The maximum absolute atomic E-state index is 12.4. The van der Waals surface area contributed by atoms with Gasteiger partial charge in [0.05, 0.1) is 7.11 Å². The van der Waals surface area contributed by atoms with E-state index in [1.54, 1.807) is 13.0 Å². The van der Waals surface area contributed by atoms with Gasteiger partial charge >= 0.3 is 0 Å². The zero-order chi connectivity index (χ0) is 10.7. The summed E-state index contributed by atoms with van der Waals surface area (Å²) in [7, 11) is 1.33. The molecule has 5 heteroatoms. The topological polar surface area (TPSA) is 45.9 Å². The number of hydrogen-bond donors (Lipinski definition) is 0. The number of methoxy groups -OCH3 is 1. The summed E-state index contributed by atoms with van der Waals surface area (Å²) < 4.78 is 29.6. The Labute approximate surface area is 79.9 Å². The van der Waals surface area contributed by atoms with Crippen molar-refractivity contribution in [3.05, 3.63) is 23.0 Å². The number of alkyl halides is 2. The minimum absolute atomic E-state index is 0.165. The molecule has 0 bridgehead atoms. The van der Waals surface area contributed by atoms with Gasteiger partial charge in [0.1, 0.15) is 23.1 Å². The molecule has 1 aromatic rings. The van der Waals surface area contributed by atoms with Crippen LogP contribution in [-0.2, 0) is 0 Å².